The summed E-state index contributed by atoms with van der Waals surface area (Å²) in [6.07, 6.45) is 2.35. The van der Waals surface area contributed by atoms with Crippen molar-refractivity contribution < 1.29 is 4.74 Å². The minimum absolute atomic E-state index is 0.111. The van der Waals surface area contributed by atoms with E-state index in [1.54, 1.807) is 0 Å². The lowest BCUT2D eigenvalue weighted by atomic mass is 10.2. The van der Waals surface area contributed by atoms with Crippen LogP contribution in [0.25, 0.3) is 0 Å². The van der Waals surface area contributed by atoms with E-state index >= 15 is 0 Å². The Morgan fingerprint density at radius 1 is 1.21 bits per heavy atom. The molecular formula is C10H9Br2NO. The minimum atomic E-state index is 0.111. The predicted octanol–water partition coefficient (Wildman–Crippen LogP) is 3.55. The van der Waals surface area contributed by atoms with Gasteiger partial charge in [-0.3, -0.25) is 0 Å². The molecule has 1 aromatic carbocycles. The zero-order valence-corrected chi connectivity index (χ0v) is 10.6. The molecule has 0 bridgehead atoms. The van der Waals surface area contributed by atoms with Crippen LogP contribution < -0.4 is 10.1 Å². The van der Waals surface area contributed by atoms with Gasteiger partial charge in [-0.05, 0) is 56.8 Å². The maximum Gasteiger partial charge on any atom is 0.144 e. The Morgan fingerprint density at radius 3 is 2.64 bits per heavy atom. The van der Waals surface area contributed by atoms with Gasteiger partial charge < -0.3 is 10.1 Å². The van der Waals surface area contributed by atoms with Gasteiger partial charge in [0.15, 0.2) is 0 Å². The third-order valence-corrected chi connectivity index (χ3v) is 4.60. The molecule has 1 aromatic rings. The van der Waals surface area contributed by atoms with Gasteiger partial charge >= 0.3 is 0 Å². The Balaban J connectivity index is 2.04. The average molecular weight is 319 g/mol. The number of rotatable bonds is 0. The van der Waals surface area contributed by atoms with Crippen molar-refractivity contribution in [1.29, 1.82) is 0 Å². The Morgan fingerprint density at radius 2 is 1.93 bits per heavy atom. The Bertz CT molecular complexity index is 401. The van der Waals surface area contributed by atoms with Crippen molar-refractivity contribution in [1.82, 2.24) is 0 Å². The van der Waals surface area contributed by atoms with Crippen LogP contribution in [0.15, 0.2) is 21.1 Å². The number of fused-ring (bicyclic) bond motifs is 1. The van der Waals surface area contributed by atoms with Crippen LogP contribution in [0.4, 0.5) is 5.69 Å². The molecule has 1 aliphatic carbocycles. The number of hydrogen-bond donors (Lipinski definition) is 1. The van der Waals surface area contributed by atoms with Crippen LogP contribution in [0.3, 0.4) is 0 Å². The number of anilines is 1. The summed E-state index contributed by atoms with van der Waals surface area (Å²) in [6.45, 7) is 0.939. The molecule has 0 atom stereocenters. The molecule has 1 aliphatic heterocycles. The maximum atomic E-state index is 5.95. The van der Waals surface area contributed by atoms with Crippen LogP contribution in [0.2, 0.25) is 0 Å². The van der Waals surface area contributed by atoms with E-state index in [0.29, 0.717) is 0 Å². The second-order valence-electron chi connectivity index (χ2n) is 3.90. The third-order valence-electron chi connectivity index (χ3n) is 2.76. The first-order valence-corrected chi connectivity index (χ1v) is 6.19. The highest BCUT2D eigenvalue weighted by molar-refractivity contribution is 9.13. The zero-order chi connectivity index (χ0) is 9.76. The molecule has 3 rings (SSSR count). The predicted molar refractivity (Wildman–Crippen MR) is 62.9 cm³/mol. The van der Waals surface area contributed by atoms with Crippen molar-refractivity contribution in [2.75, 3.05) is 11.9 Å². The van der Waals surface area contributed by atoms with Crippen molar-refractivity contribution in [3.63, 3.8) is 0 Å². The summed E-state index contributed by atoms with van der Waals surface area (Å²) in [5.74, 6) is 0.962. The molecule has 0 unspecified atom stereocenters. The van der Waals surface area contributed by atoms with E-state index in [4.69, 9.17) is 4.74 Å². The van der Waals surface area contributed by atoms with E-state index in [1.165, 1.54) is 12.8 Å². The molecule has 2 aliphatic rings. The van der Waals surface area contributed by atoms with Gasteiger partial charge in [0, 0.05) is 8.95 Å². The van der Waals surface area contributed by atoms with Gasteiger partial charge in [-0.2, -0.15) is 0 Å². The summed E-state index contributed by atoms with van der Waals surface area (Å²) in [6, 6.07) is 4.07. The van der Waals surface area contributed by atoms with Crippen LogP contribution in [0, 0.1) is 0 Å². The normalized spacial score (nSPS) is 21.0. The summed E-state index contributed by atoms with van der Waals surface area (Å²) in [5.41, 5.74) is 1.19. The summed E-state index contributed by atoms with van der Waals surface area (Å²) >= 11 is 6.95. The fraction of sp³-hybridized carbons (Fsp3) is 0.400. The summed E-state index contributed by atoms with van der Waals surface area (Å²) in [4.78, 5) is 0. The van der Waals surface area contributed by atoms with Gasteiger partial charge in [0.1, 0.15) is 11.4 Å². The SMILES string of the molecule is Brc1cc2c(cc1Br)OC1(CC1)CN2. The Labute approximate surface area is 99.3 Å². The maximum absolute atomic E-state index is 5.95. The molecule has 1 fully saturated rings. The fourth-order valence-electron chi connectivity index (χ4n) is 1.70. The van der Waals surface area contributed by atoms with E-state index in [9.17, 15) is 0 Å². The van der Waals surface area contributed by atoms with Crippen LogP contribution in [-0.2, 0) is 0 Å². The van der Waals surface area contributed by atoms with Gasteiger partial charge in [0.2, 0.25) is 0 Å². The van der Waals surface area contributed by atoms with E-state index < -0.39 is 0 Å². The summed E-state index contributed by atoms with van der Waals surface area (Å²) in [7, 11) is 0. The highest BCUT2D eigenvalue weighted by Gasteiger charge is 2.47. The third kappa shape index (κ3) is 1.36. The van der Waals surface area contributed by atoms with Gasteiger partial charge in [-0.15, -0.1) is 0 Å². The van der Waals surface area contributed by atoms with E-state index in [1.807, 2.05) is 6.07 Å². The topological polar surface area (TPSA) is 21.3 Å². The van der Waals surface area contributed by atoms with Gasteiger partial charge in [0.05, 0.1) is 12.2 Å². The Kier molecular flexibility index (Phi) is 1.86. The highest BCUT2D eigenvalue weighted by atomic mass is 79.9. The van der Waals surface area contributed by atoms with E-state index in [2.05, 4.69) is 43.2 Å². The first-order valence-electron chi connectivity index (χ1n) is 4.61. The minimum Gasteiger partial charge on any atom is -0.483 e. The number of halogens is 2. The first kappa shape index (κ1) is 9.04. The zero-order valence-electron chi connectivity index (χ0n) is 7.44. The molecule has 0 amide bonds. The summed E-state index contributed by atoms with van der Waals surface area (Å²) in [5, 5.41) is 3.41. The van der Waals surface area contributed by atoms with Crippen LogP contribution >= 0.6 is 31.9 Å². The molecule has 0 aromatic heterocycles. The van der Waals surface area contributed by atoms with E-state index in [0.717, 1.165) is 26.9 Å². The smallest absolute Gasteiger partial charge is 0.144 e. The highest BCUT2D eigenvalue weighted by Crippen LogP contribution is 2.47. The van der Waals surface area contributed by atoms with Crippen molar-refractivity contribution in [3.8, 4) is 5.75 Å². The number of hydrogen-bond acceptors (Lipinski definition) is 2. The van der Waals surface area contributed by atoms with Crippen LogP contribution in [0.1, 0.15) is 12.8 Å². The van der Waals surface area contributed by atoms with E-state index in [-0.39, 0.29) is 5.60 Å². The van der Waals surface area contributed by atoms with Crippen LogP contribution in [0.5, 0.6) is 5.75 Å². The van der Waals surface area contributed by atoms with Crippen LogP contribution in [-0.4, -0.2) is 12.1 Å². The first-order chi connectivity index (χ1) is 6.69. The molecule has 1 N–H and O–H groups in total. The number of ether oxygens (including phenoxy) is 1. The molecule has 14 heavy (non-hydrogen) atoms. The molecule has 1 heterocycles. The number of benzene rings is 1. The lowest BCUT2D eigenvalue weighted by Crippen LogP contribution is -2.32. The standard InChI is InChI=1S/C10H9Br2NO/c11-6-3-8-9(4-7(6)12)14-10(1-2-10)5-13-8/h3-4,13H,1-2,5H2. The molecule has 2 nitrogen and oxygen atoms in total. The molecule has 4 heteroatoms. The Hall–Kier alpha value is -0.220. The largest absolute Gasteiger partial charge is 0.483 e. The van der Waals surface area contributed by atoms with Crippen molar-refractivity contribution in [3.05, 3.63) is 21.1 Å². The van der Waals surface area contributed by atoms with Gasteiger partial charge in [-0.1, -0.05) is 0 Å². The lowest BCUT2D eigenvalue weighted by Gasteiger charge is -2.27. The van der Waals surface area contributed by atoms with Crippen molar-refractivity contribution in [2.45, 2.75) is 18.4 Å². The van der Waals surface area contributed by atoms with Crippen molar-refractivity contribution in [2.24, 2.45) is 0 Å². The van der Waals surface area contributed by atoms with Gasteiger partial charge in [-0.25, -0.2) is 0 Å². The number of nitrogens with one attached hydrogen (secondary N) is 1. The molecular weight excluding hydrogens is 310 g/mol. The molecule has 1 saturated carbocycles. The fourth-order valence-corrected chi connectivity index (χ4v) is 2.36. The molecule has 0 radical (unpaired) electrons. The second-order valence-corrected chi connectivity index (χ2v) is 5.61. The lowest BCUT2D eigenvalue weighted by molar-refractivity contribution is 0.184. The average Bonchev–Trinajstić information content (AvgIpc) is 2.89. The molecule has 1 spiro atoms. The molecule has 0 saturated heterocycles. The van der Waals surface area contributed by atoms with Gasteiger partial charge in [0.25, 0.3) is 0 Å². The molecule has 74 valence electrons. The van der Waals surface area contributed by atoms with Crippen molar-refractivity contribution >= 4 is 37.5 Å². The quantitative estimate of drug-likeness (QED) is 0.790. The second kappa shape index (κ2) is 2.89. The summed E-state index contributed by atoms with van der Waals surface area (Å²) < 4.78 is 8.05. The monoisotopic (exact) mass is 317 g/mol.